The second-order valence-electron chi connectivity index (χ2n) is 4.61. The van der Waals surface area contributed by atoms with Crippen LogP contribution in [0.5, 0.6) is 0 Å². The molecular weight excluding hydrogens is 264 g/mol. The van der Waals surface area contributed by atoms with Crippen LogP contribution in [0, 0.1) is 0 Å². The number of carbonyl (C=O) groups excluding carboxylic acids is 1. The van der Waals surface area contributed by atoms with E-state index in [4.69, 9.17) is 11.6 Å². The fourth-order valence-corrected chi connectivity index (χ4v) is 1.62. The number of anilines is 1. The first-order valence-corrected chi connectivity index (χ1v) is 6.67. The van der Waals surface area contributed by atoms with Crippen LogP contribution in [0.3, 0.4) is 0 Å². The van der Waals surface area contributed by atoms with Gasteiger partial charge in [-0.05, 0) is 34.0 Å². The highest BCUT2D eigenvalue weighted by atomic mass is 35.5. The van der Waals surface area contributed by atoms with Crippen LogP contribution in [-0.4, -0.2) is 49.0 Å². The topological polar surface area (TPSA) is 57.3 Å². The monoisotopic (exact) mass is 284 g/mol. The van der Waals surface area contributed by atoms with E-state index in [1.54, 1.807) is 6.07 Å². The van der Waals surface area contributed by atoms with Crippen LogP contribution in [0.15, 0.2) is 12.3 Å². The van der Waals surface area contributed by atoms with E-state index in [2.05, 4.69) is 15.6 Å². The van der Waals surface area contributed by atoms with E-state index in [1.165, 1.54) is 6.20 Å². The third-order valence-corrected chi connectivity index (χ3v) is 3.18. The molecule has 0 radical (unpaired) electrons. The van der Waals surface area contributed by atoms with Gasteiger partial charge in [0, 0.05) is 25.3 Å². The van der Waals surface area contributed by atoms with Crippen LogP contribution in [0.1, 0.15) is 24.2 Å². The van der Waals surface area contributed by atoms with Gasteiger partial charge < -0.3 is 15.5 Å². The standard InChI is InChI=1S/C13H21ClN4O/c1-5-15-12-11(14)6-10(8-16-12)13(19)17-7-9(2)18(3)4/h6,8-9H,5,7H2,1-4H3,(H,15,16)(H,17,19). The van der Waals surface area contributed by atoms with Crippen LogP contribution >= 0.6 is 11.6 Å². The molecule has 0 saturated carbocycles. The van der Waals surface area contributed by atoms with Crippen molar-refractivity contribution in [1.29, 1.82) is 0 Å². The van der Waals surface area contributed by atoms with E-state index < -0.39 is 0 Å². The summed E-state index contributed by atoms with van der Waals surface area (Å²) in [7, 11) is 3.95. The summed E-state index contributed by atoms with van der Waals surface area (Å²) in [6.07, 6.45) is 1.53. The number of hydrogen-bond donors (Lipinski definition) is 2. The van der Waals surface area contributed by atoms with Gasteiger partial charge in [-0.15, -0.1) is 0 Å². The molecule has 1 unspecified atom stereocenters. The minimum atomic E-state index is -0.161. The van der Waals surface area contributed by atoms with Crippen LogP contribution in [0.25, 0.3) is 0 Å². The fourth-order valence-electron chi connectivity index (χ4n) is 1.38. The van der Waals surface area contributed by atoms with Crippen molar-refractivity contribution in [3.8, 4) is 0 Å². The molecule has 0 fully saturated rings. The molecule has 0 aliphatic carbocycles. The maximum atomic E-state index is 11.9. The number of amides is 1. The molecule has 6 heteroatoms. The summed E-state index contributed by atoms with van der Waals surface area (Å²) < 4.78 is 0. The zero-order valence-corrected chi connectivity index (χ0v) is 12.6. The lowest BCUT2D eigenvalue weighted by molar-refractivity contribution is 0.0943. The molecule has 106 valence electrons. The molecule has 0 aromatic carbocycles. The molecule has 1 heterocycles. The van der Waals surface area contributed by atoms with E-state index >= 15 is 0 Å². The van der Waals surface area contributed by atoms with E-state index in [9.17, 15) is 4.79 Å². The van der Waals surface area contributed by atoms with E-state index in [0.717, 1.165) is 6.54 Å². The molecule has 1 aromatic heterocycles. The minimum Gasteiger partial charge on any atom is -0.369 e. The summed E-state index contributed by atoms with van der Waals surface area (Å²) in [6.45, 7) is 5.32. The largest absolute Gasteiger partial charge is 0.369 e. The van der Waals surface area contributed by atoms with Gasteiger partial charge >= 0.3 is 0 Å². The Morgan fingerprint density at radius 2 is 2.21 bits per heavy atom. The molecule has 0 spiro atoms. The highest BCUT2D eigenvalue weighted by Crippen LogP contribution is 2.19. The van der Waals surface area contributed by atoms with Crippen LogP contribution in [-0.2, 0) is 0 Å². The van der Waals surface area contributed by atoms with Crippen molar-refractivity contribution < 1.29 is 4.79 Å². The maximum absolute atomic E-state index is 11.9. The molecule has 0 aliphatic rings. The summed E-state index contributed by atoms with van der Waals surface area (Å²) in [6, 6.07) is 1.90. The number of aromatic nitrogens is 1. The predicted molar refractivity (Wildman–Crippen MR) is 78.9 cm³/mol. The Hall–Kier alpha value is -1.33. The van der Waals surface area contributed by atoms with Gasteiger partial charge in [-0.3, -0.25) is 4.79 Å². The van der Waals surface area contributed by atoms with Crippen molar-refractivity contribution in [2.24, 2.45) is 0 Å². The van der Waals surface area contributed by atoms with Crippen LogP contribution < -0.4 is 10.6 Å². The van der Waals surface area contributed by atoms with Gasteiger partial charge in [0.05, 0.1) is 10.6 Å². The van der Waals surface area contributed by atoms with Gasteiger partial charge in [0.25, 0.3) is 5.91 Å². The number of likely N-dealkylation sites (N-methyl/N-ethyl adjacent to an activating group) is 1. The van der Waals surface area contributed by atoms with Gasteiger partial charge in [-0.2, -0.15) is 0 Å². The fraction of sp³-hybridized carbons (Fsp3) is 0.538. The smallest absolute Gasteiger partial charge is 0.252 e. The number of nitrogens with one attached hydrogen (secondary N) is 2. The molecule has 0 bridgehead atoms. The molecule has 5 nitrogen and oxygen atoms in total. The lowest BCUT2D eigenvalue weighted by Crippen LogP contribution is -2.38. The third-order valence-electron chi connectivity index (χ3n) is 2.89. The van der Waals surface area contributed by atoms with Crippen molar-refractivity contribution >= 4 is 23.3 Å². The Kier molecular flexibility index (Phi) is 6.05. The van der Waals surface area contributed by atoms with Gasteiger partial charge in [0.15, 0.2) is 0 Å². The minimum absolute atomic E-state index is 0.161. The zero-order valence-electron chi connectivity index (χ0n) is 11.8. The number of carbonyl (C=O) groups is 1. The molecule has 1 atom stereocenters. The van der Waals surface area contributed by atoms with Crippen molar-refractivity contribution in [2.45, 2.75) is 19.9 Å². The molecule has 1 amide bonds. The summed E-state index contributed by atoms with van der Waals surface area (Å²) >= 11 is 6.05. The average Bonchev–Trinajstić information content (AvgIpc) is 2.37. The molecule has 1 rings (SSSR count). The highest BCUT2D eigenvalue weighted by molar-refractivity contribution is 6.33. The first-order valence-electron chi connectivity index (χ1n) is 6.29. The van der Waals surface area contributed by atoms with E-state index in [-0.39, 0.29) is 11.9 Å². The average molecular weight is 285 g/mol. The quantitative estimate of drug-likeness (QED) is 0.837. The summed E-state index contributed by atoms with van der Waals surface area (Å²) in [5, 5.41) is 6.34. The molecule has 2 N–H and O–H groups in total. The molecule has 19 heavy (non-hydrogen) atoms. The number of rotatable bonds is 6. The second-order valence-corrected chi connectivity index (χ2v) is 5.01. The Bertz CT molecular complexity index is 437. The Morgan fingerprint density at radius 3 is 2.74 bits per heavy atom. The Morgan fingerprint density at radius 1 is 1.53 bits per heavy atom. The van der Waals surface area contributed by atoms with E-state index in [1.807, 2.05) is 32.8 Å². The second kappa shape index (κ2) is 7.31. The number of pyridine rings is 1. The molecule has 0 saturated heterocycles. The number of halogens is 1. The molecule has 1 aromatic rings. The highest BCUT2D eigenvalue weighted by Gasteiger charge is 2.11. The van der Waals surface area contributed by atoms with Crippen molar-refractivity contribution in [2.75, 3.05) is 32.5 Å². The normalized spacial score (nSPS) is 12.3. The molecule has 0 aliphatic heterocycles. The van der Waals surface area contributed by atoms with E-state index in [0.29, 0.717) is 22.9 Å². The predicted octanol–water partition coefficient (Wildman–Crippen LogP) is 1.85. The third kappa shape index (κ3) is 4.69. The van der Waals surface area contributed by atoms with Crippen molar-refractivity contribution in [3.63, 3.8) is 0 Å². The summed E-state index contributed by atoms with van der Waals surface area (Å²) in [5.74, 6) is 0.438. The summed E-state index contributed by atoms with van der Waals surface area (Å²) in [5.41, 5.74) is 0.470. The van der Waals surface area contributed by atoms with Crippen molar-refractivity contribution in [1.82, 2.24) is 15.2 Å². The number of nitrogens with zero attached hydrogens (tertiary/aromatic N) is 2. The lowest BCUT2D eigenvalue weighted by atomic mass is 10.2. The van der Waals surface area contributed by atoms with Crippen LogP contribution in [0.2, 0.25) is 5.02 Å². The number of hydrogen-bond acceptors (Lipinski definition) is 4. The van der Waals surface area contributed by atoms with Gasteiger partial charge in [-0.25, -0.2) is 4.98 Å². The lowest BCUT2D eigenvalue weighted by Gasteiger charge is -2.20. The van der Waals surface area contributed by atoms with Crippen LogP contribution in [0.4, 0.5) is 5.82 Å². The Labute approximate surface area is 119 Å². The Balaban J connectivity index is 2.65. The first kappa shape index (κ1) is 15.7. The maximum Gasteiger partial charge on any atom is 0.252 e. The molecular formula is C13H21ClN4O. The van der Waals surface area contributed by atoms with Gasteiger partial charge in [-0.1, -0.05) is 11.6 Å². The SMILES string of the molecule is CCNc1ncc(C(=O)NCC(C)N(C)C)cc1Cl. The summed E-state index contributed by atoms with van der Waals surface area (Å²) in [4.78, 5) is 18.1. The van der Waals surface area contributed by atoms with Crippen molar-refractivity contribution in [3.05, 3.63) is 22.8 Å². The van der Waals surface area contributed by atoms with Gasteiger partial charge in [0.1, 0.15) is 5.82 Å². The van der Waals surface area contributed by atoms with Gasteiger partial charge in [0.2, 0.25) is 0 Å². The zero-order chi connectivity index (χ0) is 14.4. The first-order chi connectivity index (χ1) is 8.95.